The summed E-state index contributed by atoms with van der Waals surface area (Å²) in [6.45, 7) is 0.350. The number of nitrogens with one attached hydrogen (secondary N) is 1. The number of aliphatic hydroxyl groups is 2. The van der Waals surface area contributed by atoms with E-state index in [1.807, 2.05) is 4.57 Å². The maximum atomic E-state index is 15.4. The van der Waals surface area contributed by atoms with Gasteiger partial charge in [0, 0.05) is 61.0 Å². The van der Waals surface area contributed by atoms with E-state index in [0.29, 0.717) is 53.4 Å². The van der Waals surface area contributed by atoms with Gasteiger partial charge in [-0.2, -0.15) is 5.01 Å². The maximum Gasteiger partial charge on any atom is 0.279 e. The highest BCUT2D eigenvalue weighted by Crippen LogP contribution is 2.35. The van der Waals surface area contributed by atoms with Gasteiger partial charge in [0.2, 0.25) is 0 Å². The van der Waals surface area contributed by atoms with Gasteiger partial charge in [0.25, 0.3) is 5.91 Å². The summed E-state index contributed by atoms with van der Waals surface area (Å²) >= 11 is 0. The number of carbonyl (C=O) groups excluding carboxylic acids is 1. The number of nitrogens with zero attached hydrogens (tertiary/aromatic N) is 7. The van der Waals surface area contributed by atoms with Crippen molar-refractivity contribution in [1.82, 2.24) is 30.0 Å². The van der Waals surface area contributed by atoms with Crippen molar-refractivity contribution in [3.63, 3.8) is 0 Å². The van der Waals surface area contributed by atoms with Crippen LogP contribution in [0.1, 0.15) is 45.7 Å². The first-order valence-corrected chi connectivity index (χ1v) is 12.5. The second-order valence-corrected chi connectivity index (χ2v) is 9.48. The van der Waals surface area contributed by atoms with E-state index in [1.54, 1.807) is 37.7 Å². The number of hydrogen-bond acceptors (Lipinski definition) is 9. The largest absolute Gasteiger partial charge is 0.392 e. The number of hydrogen-bond donors (Lipinski definition) is 3. The van der Waals surface area contributed by atoms with Gasteiger partial charge in [-0.1, -0.05) is 0 Å². The molecule has 1 amide bonds. The normalized spacial score (nSPS) is 20.7. The van der Waals surface area contributed by atoms with Crippen LogP contribution >= 0.6 is 0 Å². The van der Waals surface area contributed by atoms with E-state index in [1.165, 1.54) is 16.2 Å². The molecule has 1 unspecified atom stereocenters. The first kappa shape index (κ1) is 24.3. The molecule has 5 heterocycles. The predicted molar refractivity (Wildman–Crippen MR) is 137 cm³/mol. The van der Waals surface area contributed by atoms with E-state index in [9.17, 15) is 15.0 Å². The molecule has 3 N–H and O–H groups in total. The molecule has 3 aromatic rings. The Bertz CT molecular complexity index is 1470. The Hall–Kier alpha value is -4.00. The Balaban J connectivity index is 1.40. The van der Waals surface area contributed by atoms with Crippen molar-refractivity contribution in [2.45, 2.75) is 45.1 Å². The van der Waals surface area contributed by atoms with Crippen LogP contribution in [0.3, 0.4) is 0 Å². The molecule has 12 heteroatoms. The molecule has 1 aliphatic carbocycles. The van der Waals surface area contributed by atoms with Crippen molar-refractivity contribution in [2.75, 3.05) is 18.5 Å². The van der Waals surface area contributed by atoms with E-state index in [0.717, 1.165) is 25.0 Å². The van der Waals surface area contributed by atoms with Gasteiger partial charge in [-0.25, -0.2) is 24.3 Å². The summed E-state index contributed by atoms with van der Waals surface area (Å²) < 4.78 is 17.2. The zero-order valence-corrected chi connectivity index (χ0v) is 20.8. The summed E-state index contributed by atoms with van der Waals surface area (Å²) in [6, 6.07) is 3.33. The molecule has 38 heavy (non-hydrogen) atoms. The van der Waals surface area contributed by atoms with Crippen molar-refractivity contribution in [3.05, 3.63) is 70.8 Å². The summed E-state index contributed by atoms with van der Waals surface area (Å²) in [5.74, 6) is -0.254. The zero-order chi connectivity index (χ0) is 26.4. The summed E-state index contributed by atoms with van der Waals surface area (Å²) in [7, 11) is 1.65. The number of aromatic nitrogens is 4. The van der Waals surface area contributed by atoms with Crippen molar-refractivity contribution >= 4 is 29.0 Å². The minimum Gasteiger partial charge on any atom is -0.392 e. The van der Waals surface area contributed by atoms with Crippen LogP contribution in [0.25, 0.3) is 5.70 Å². The summed E-state index contributed by atoms with van der Waals surface area (Å²) in [4.78, 5) is 31.9. The van der Waals surface area contributed by atoms with Gasteiger partial charge in [0.05, 0.1) is 18.0 Å². The topological polar surface area (TPSA) is 132 Å². The summed E-state index contributed by atoms with van der Waals surface area (Å²) in [5, 5.41) is 22.6. The molecule has 0 saturated heterocycles. The minimum atomic E-state index is -1.06. The van der Waals surface area contributed by atoms with Crippen LogP contribution in [-0.2, 0) is 26.0 Å². The number of hydrazine groups is 1. The highest BCUT2D eigenvalue weighted by atomic mass is 19.1. The summed E-state index contributed by atoms with van der Waals surface area (Å²) in [6.07, 6.45) is 8.37. The van der Waals surface area contributed by atoms with E-state index >= 15 is 4.39 Å². The second-order valence-electron chi connectivity index (χ2n) is 9.48. The monoisotopic (exact) mass is 518 g/mol. The van der Waals surface area contributed by atoms with Crippen LogP contribution in [0.2, 0.25) is 0 Å². The van der Waals surface area contributed by atoms with Gasteiger partial charge in [-0.15, -0.1) is 0 Å². The third-order valence-electron chi connectivity index (χ3n) is 7.27. The molecule has 6 rings (SSSR count). The molecule has 0 bridgehead atoms. The van der Waals surface area contributed by atoms with Crippen molar-refractivity contribution in [1.29, 1.82) is 0 Å². The van der Waals surface area contributed by atoms with Crippen LogP contribution in [0.5, 0.6) is 0 Å². The second kappa shape index (κ2) is 9.71. The fourth-order valence-electron chi connectivity index (χ4n) is 5.44. The van der Waals surface area contributed by atoms with Gasteiger partial charge in [0.1, 0.15) is 17.8 Å². The molecular weight excluding hydrogens is 491 g/mol. The van der Waals surface area contributed by atoms with Crippen molar-refractivity contribution in [3.8, 4) is 0 Å². The lowest BCUT2D eigenvalue weighted by atomic mass is 9.97. The number of aliphatic hydroxyl groups excluding tert-OH is 2. The standard InChI is InChI=1S/C26H27FN8O3/c1-33-25(37)19(31-21-7-8-28-14-30-21)12-18(32-33)15-6-9-29-24(17(15)13-36)35-11-10-34-20-5-3-2-4-16(20)22(27)23(34)26(35)38/h6-9,12,14,25,32,36-37H,2-5,10-11,13H2,1H3. The van der Waals surface area contributed by atoms with Crippen LogP contribution in [-0.4, -0.2) is 66.2 Å². The first-order chi connectivity index (χ1) is 18.5. The number of fused-ring (bicyclic) bond motifs is 3. The lowest BCUT2D eigenvalue weighted by Crippen LogP contribution is -2.49. The third-order valence-corrected chi connectivity index (χ3v) is 7.27. The molecule has 0 spiro atoms. The number of amides is 1. The molecule has 196 valence electrons. The van der Waals surface area contributed by atoms with Gasteiger partial charge in [-0.3, -0.25) is 9.69 Å². The van der Waals surface area contributed by atoms with Gasteiger partial charge >= 0.3 is 0 Å². The summed E-state index contributed by atoms with van der Waals surface area (Å²) in [5.41, 5.74) is 6.56. The quantitative estimate of drug-likeness (QED) is 0.476. The average molecular weight is 519 g/mol. The van der Waals surface area contributed by atoms with E-state index in [4.69, 9.17) is 0 Å². The molecule has 0 fully saturated rings. The fraction of sp³-hybridized carbons (Fsp3) is 0.346. The number of aliphatic imine (C=N–C) groups is 1. The Labute approximate surface area is 218 Å². The smallest absolute Gasteiger partial charge is 0.279 e. The van der Waals surface area contributed by atoms with Crippen LogP contribution < -0.4 is 10.3 Å². The maximum absolute atomic E-state index is 15.4. The Morgan fingerprint density at radius 1 is 1.18 bits per heavy atom. The number of pyridine rings is 1. The predicted octanol–water partition coefficient (Wildman–Crippen LogP) is 1.73. The molecule has 3 aliphatic rings. The zero-order valence-electron chi connectivity index (χ0n) is 20.8. The molecule has 3 aromatic heterocycles. The molecule has 0 aromatic carbocycles. The Morgan fingerprint density at radius 3 is 2.82 bits per heavy atom. The fourth-order valence-corrected chi connectivity index (χ4v) is 5.44. The van der Waals surface area contributed by atoms with Gasteiger partial charge in [0.15, 0.2) is 17.9 Å². The van der Waals surface area contributed by atoms with Crippen molar-refractivity contribution < 1.29 is 19.4 Å². The number of rotatable bonds is 4. The lowest BCUT2D eigenvalue weighted by Gasteiger charge is -2.33. The van der Waals surface area contributed by atoms with E-state index in [-0.39, 0.29) is 11.5 Å². The molecule has 0 radical (unpaired) electrons. The Morgan fingerprint density at radius 2 is 2.03 bits per heavy atom. The van der Waals surface area contributed by atoms with E-state index in [2.05, 4.69) is 25.4 Å². The highest BCUT2D eigenvalue weighted by molar-refractivity contribution is 6.08. The highest BCUT2D eigenvalue weighted by Gasteiger charge is 2.37. The number of anilines is 1. The van der Waals surface area contributed by atoms with Crippen LogP contribution in [0.15, 0.2) is 41.9 Å². The minimum absolute atomic E-state index is 0.0661. The van der Waals surface area contributed by atoms with Crippen molar-refractivity contribution in [2.24, 2.45) is 4.99 Å². The molecule has 0 saturated carbocycles. The SMILES string of the molecule is CN1NC(c2ccnc(N3CCn4c5c(c(F)c4C3=O)CCCC5)c2CO)=CC(=Nc2ccncn2)C1O. The van der Waals surface area contributed by atoms with Crippen LogP contribution in [0, 0.1) is 5.82 Å². The molecule has 2 aliphatic heterocycles. The first-order valence-electron chi connectivity index (χ1n) is 12.5. The van der Waals surface area contributed by atoms with E-state index < -0.39 is 24.6 Å². The molecule has 11 nitrogen and oxygen atoms in total. The van der Waals surface area contributed by atoms with Gasteiger partial charge in [-0.05, 0) is 37.8 Å². The van der Waals surface area contributed by atoms with Crippen LogP contribution in [0.4, 0.5) is 16.0 Å². The third kappa shape index (κ3) is 3.97. The number of halogens is 1. The number of carbonyl (C=O) groups is 1. The molecular formula is C26H27FN8O3. The average Bonchev–Trinajstić information content (AvgIpc) is 3.24. The molecule has 1 atom stereocenters. The Kier molecular flexibility index (Phi) is 6.22. The lowest BCUT2D eigenvalue weighted by molar-refractivity contribution is 0.0533. The van der Waals surface area contributed by atoms with Gasteiger partial charge < -0.3 is 20.2 Å².